The van der Waals surface area contributed by atoms with Gasteiger partial charge in [0.25, 0.3) is 11.5 Å². The van der Waals surface area contributed by atoms with Crippen molar-refractivity contribution in [1.82, 2.24) is 14.9 Å². The standard InChI is InChI=1S/C26H30ClN3O3/c1-2-3-9-19-15-30(26(33)22(31)14-17-7-5-4-6-8-17)16-21-23(19)28-24(29-25(21)32)18-10-12-20(27)13-11-18/h4-8,10,12-13,18-19,22,31H,2-3,9,11,14-16H2,1H3,(H,28,29,32)/t18?,19?,22-/m0/s1. The van der Waals surface area contributed by atoms with Crippen LogP contribution >= 0.6 is 11.6 Å². The molecule has 2 N–H and O–H groups in total. The molecule has 0 bridgehead atoms. The molecule has 1 aliphatic heterocycles. The summed E-state index contributed by atoms with van der Waals surface area (Å²) >= 11 is 6.04. The molecule has 1 aromatic carbocycles. The van der Waals surface area contributed by atoms with Gasteiger partial charge in [0.2, 0.25) is 0 Å². The number of fused-ring (bicyclic) bond motifs is 1. The van der Waals surface area contributed by atoms with Crippen LogP contribution in [0.1, 0.15) is 67.1 Å². The van der Waals surface area contributed by atoms with Crippen molar-refractivity contribution in [3.63, 3.8) is 0 Å². The van der Waals surface area contributed by atoms with Gasteiger partial charge in [0, 0.05) is 29.8 Å². The number of aliphatic hydroxyl groups excluding tert-OH is 1. The number of carbonyl (C=O) groups is 1. The Morgan fingerprint density at radius 3 is 2.82 bits per heavy atom. The van der Waals surface area contributed by atoms with Gasteiger partial charge in [-0.2, -0.15) is 0 Å². The molecule has 1 aliphatic carbocycles. The molecule has 0 radical (unpaired) electrons. The summed E-state index contributed by atoms with van der Waals surface area (Å²) in [6, 6.07) is 9.46. The summed E-state index contributed by atoms with van der Waals surface area (Å²) in [6.45, 7) is 2.74. The molecule has 33 heavy (non-hydrogen) atoms. The van der Waals surface area contributed by atoms with Crippen molar-refractivity contribution in [2.24, 2.45) is 0 Å². The van der Waals surface area contributed by atoms with Gasteiger partial charge >= 0.3 is 0 Å². The molecular formula is C26H30ClN3O3. The Morgan fingerprint density at radius 2 is 2.12 bits per heavy atom. The first-order valence-corrected chi connectivity index (χ1v) is 12.0. The van der Waals surface area contributed by atoms with Crippen LogP contribution in [0.2, 0.25) is 0 Å². The largest absolute Gasteiger partial charge is 0.383 e. The van der Waals surface area contributed by atoms with Crippen molar-refractivity contribution >= 4 is 17.5 Å². The number of rotatable bonds is 7. The second-order valence-electron chi connectivity index (χ2n) is 8.87. The maximum atomic E-state index is 13.1. The van der Waals surface area contributed by atoms with E-state index in [9.17, 15) is 14.7 Å². The van der Waals surface area contributed by atoms with Gasteiger partial charge in [-0.25, -0.2) is 4.98 Å². The smallest absolute Gasteiger partial charge is 0.256 e. The van der Waals surface area contributed by atoms with Gasteiger partial charge in [0.15, 0.2) is 0 Å². The van der Waals surface area contributed by atoms with Crippen LogP contribution in [-0.4, -0.2) is 38.5 Å². The molecule has 1 amide bonds. The Labute approximate surface area is 199 Å². The van der Waals surface area contributed by atoms with Crippen LogP contribution < -0.4 is 5.56 Å². The maximum Gasteiger partial charge on any atom is 0.256 e. The number of H-pyrrole nitrogens is 1. The van der Waals surface area contributed by atoms with Gasteiger partial charge in [-0.05, 0) is 24.5 Å². The van der Waals surface area contributed by atoms with E-state index in [1.807, 2.05) is 48.6 Å². The lowest BCUT2D eigenvalue weighted by Crippen LogP contribution is -2.46. The van der Waals surface area contributed by atoms with Crippen LogP contribution in [-0.2, 0) is 17.8 Å². The molecule has 7 heteroatoms. The summed E-state index contributed by atoms with van der Waals surface area (Å²) in [5, 5.41) is 11.3. The summed E-state index contributed by atoms with van der Waals surface area (Å²) in [6.07, 6.45) is 8.35. The summed E-state index contributed by atoms with van der Waals surface area (Å²) in [7, 11) is 0. The highest BCUT2D eigenvalue weighted by Crippen LogP contribution is 2.32. The lowest BCUT2D eigenvalue weighted by Gasteiger charge is -2.35. The van der Waals surface area contributed by atoms with Gasteiger partial charge in [-0.3, -0.25) is 9.59 Å². The van der Waals surface area contributed by atoms with E-state index in [0.717, 1.165) is 30.5 Å². The summed E-state index contributed by atoms with van der Waals surface area (Å²) in [5.74, 6) is 0.240. The van der Waals surface area contributed by atoms with Crippen LogP contribution in [0.25, 0.3) is 0 Å². The number of nitrogens with zero attached hydrogens (tertiary/aromatic N) is 2. The van der Waals surface area contributed by atoms with Gasteiger partial charge in [-0.15, -0.1) is 0 Å². The SMILES string of the molecule is CCCCC1CN(C(=O)[C@@H](O)Cc2ccccc2)Cc2c1nc(C1C=CC(Cl)=CC1)[nH]c2=O. The zero-order valence-electron chi connectivity index (χ0n) is 18.8. The number of unbranched alkanes of at least 4 members (excludes halogenated alkanes) is 1. The minimum Gasteiger partial charge on any atom is -0.383 e. The number of allylic oxidation sites excluding steroid dienone is 4. The Bertz CT molecular complexity index is 1110. The molecule has 174 valence electrons. The van der Waals surface area contributed by atoms with Gasteiger partial charge in [0.05, 0.1) is 17.8 Å². The number of hydrogen-bond donors (Lipinski definition) is 2. The second-order valence-corrected chi connectivity index (χ2v) is 9.31. The van der Waals surface area contributed by atoms with Gasteiger partial charge in [-0.1, -0.05) is 73.9 Å². The first-order valence-electron chi connectivity index (χ1n) is 11.6. The molecule has 0 spiro atoms. The molecule has 1 aromatic heterocycles. The molecule has 2 aromatic rings. The van der Waals surface area contributed by atoms with Crippen LogP contribution in [0.5, 0.6) is 0 Å². The van der Waals surface area contributed by atoms with E-state index in [1.54, 1.807) is 4.90 Å². The minimum absolute atomic E-state index is 0.0234. The molecule has 6 nitrogen and oxygen atoms in total. The maximum absolute atomic E-state index is 13.1. The average molecular weight is 468 g/mol. The first kappa shape index (κ1) is 23.5. The fourth-order valence-electron chi connectivity index (χ4n) is 4.59. The number of halogens is 1. The third kappa shape index (κ3) is 5.45. The molecule has 3 atom stereocenters. The van der Waals surface area contributed by atoms with E-state index in [4.69, 9.17) is 16.6 Å². The Morgan fingerprint density at radius 1 is 1.33 bits per heavy atom. The minimum atomic E-state index is -1.14. The fourth-order valence-corrected chi connectivity index (χ4v) is 4.75. The molecule has 4 rings (SSSR count). The number of benzene rings is 1. The van der Waals surface area contributed by atoms with E-state index < -0.39 is 6.10 Å². The van der Waals surface area contributed by atoms with E-state index in [2.05, 4.69) is 11.9 Å². The number of amides is 1. The van der Waals surface area contributed by atoms with Crippen LogP contribution in [0, 0.1) is 0 Å². The van der Waals surface area contributed by atoms with Crippen molar-refractivity contribution in [3.8, 4) is 0 Å². The normalized spacial score (nSPS) is 20.8. The number of aromatic amines is 1. The van der Waals surface area contributed by atoms with E-state index in [-0.39, 0.29) is 36.3 Å². The Kier molecular flexibility index (Phi) is 7.46. The number of carbonyl (C=O) groups excluding carboxylic acids is 1. The molecular weight excluding hydrogens is 438 g/mol. The predicted molar refractivity (Wildman–Crippen MR) is 129 cm³/mol. The van der Waals surface area contributed by atoms with Crippen LogP contribution in [0.3, 0.4) is 0 Å². The lowest BCUT2D eigenvalue weighted by molar-refractivity contribution is -0.141. The van der Waals surface area contributed by atoms with Crippen molar-refractivity contribution < 1.29 is 9.90 Å². The third-order valence-corrected chi connectivity index (χ3v) is 6.70. The molecule has 2 unspecified atom stereocenters. The zero-order chi connectivity index (χ0) is 23.4. The van der Waals surface area contributed by atoms with Crippen molar-refractivity contribution in [1.29, 1.82) is 0 Å². The van der Waals surface area contributed by atoms with Crippen LogP contribution in [0.15, 0.2) is 58.4 Å². The van der Waals surface area contributed by atoms with E-state index >= 15 is 0 Å². The topological polar surface area (TPSA) is 86.3 Å². The quantitative estimate of drug-likeness (QED) is 0.640. The molecule has 2 heterocycles. The summed E-state index contributed by atoms with van der Waals surface area (Å²) < 4.78 is 0. The molecule has 0 saturated heterocycles. The number of aromatic nitrogens is 2. The Balaban J connectivity index is 1.59. The van der Waals surface area contributed by atoms with E-state index in [0.29, 0.717) is 29.4 Å². The third-order valence-electron chi connectivity index (χ3n) is 6.42. The summed E-state index contributed by atoms with van der Waals surface area (Å²) in [5.41, 5.74) is 2.01. The number of aliphatic hydroxyl groups is 1. The average Bonchev–Trinajstić information content (AvgIpc) is 2.83. The molecule has 2 aliphatic rings. The highest BCUT2D eigenvalue weighted by Gasteiger charge is 2.34. The van der Waals surface area contributed by atoms with E-state index in [1.165, 1.54) is 0 Å². The highest BCUT2D eigenvalue weighted by atomic mass is 35.5. The monoisotopic (exact) mass is 467 g/mol. The lowest BCUT2D eigenvalue weighted by atomic mass is 9.89. The van der Waals surface area contributed by atoms with Crippen molar-refractivity contribution in [2.75, 3.05) is 6.54 Å². The highest BCUT2D eigenvalue weighted by molar-refractivity contribution is 6.31. The first-order chi connectivity index (χ1) is 16.0. The Hall–Kier alpha value is -2.70. The number of nitrogens with one attached hydrogen (secondary N) is 1. The predicted octanol–water partition coefficient (Wildman–Crippen LogP) is 4.16. The van der Waals surface area contributed by atoms with Gasteiger partial charge in [0.1, 0.15) is 11.9 Å². The second kappa shape index (κ2) is 10.5. The molecule has 0 saturated carbocycles. The van der Waals surface area contributed by atoms with Crippen molar-refractivity contribution in [3.05, 3.63) is 86.6 Å². The summed E-state index contributed by atoms with van der Waals surface area (Å²) in [4.78, 5) is 35.6. The number of hydrogen-bond acceptors (Lipinski definition) is 4. The van der Waals surface area contributed by atoms with Crippen molar-refractivity contribution in [2.45, 2.75) is 63.5 Å². The van der Waals surface area contributed by atoms with Gasteiger partial charge < -0.3 is 15.0 Å². The van der Waals surface area contributed by atoms with Crippen LogP contribution in [0.4, 0.5) is 0 Å². The molecule has 0 fully saturated rings. The fraction of sp³-hybridized carbons (Fsp3) is 0.423. The zero-order valence-corrected chi connectivity index (χ0v) is 19.6.